The number of methoxy groups -OCH3 is 2. The van der Waals surface area contributed by atoms with Crippen LogP contribution in [0.5, 0.6) is 5.75 Å². The van der Waals surface area contributed by atoms with Gasteiger partial charge >= 0.3 is 0 Å². The number of carbonyl (C=O) groups excluding carboxylic acids is 1. The first-order valence-electron chi connectivity index (χ1n) is 5.23. The molecule has 0 spiro atoms. The number of benzene rings is 1. The molecule has 94 valence electrons. The Bertz CT molecular complexity index is 371. The Morgan fingerprint density at radius 1 is 1.35 bits per heavy atom. The van der Waals surface area contributed by atoms with Crippen molar-refractivity contribution in [2.24, 2.45) is 0 Å². The van der Waals surface area contributed by atoms with Gasteiger partial charge in [-0.3, -0.25) is 4.79 Å². The molecule has 1 amide bonds. The third-order valence-corrected chi connectivity index (χ3v) is 2.54. The number of anilines is 1. The van der Waals surface area contributed by atoms with E-state index in [-0.39, 0.29) is 11.8 Å². The highest BCUT2D eigenvalue weighted by Crippen LogP contribution is 2.27. The van der Waals surface area contributed by atoms with Crippen LogP contribution in [-0.4, -0.2) is 39.2 Å². The third-order valence-electron chi connectivity index (χ3n) is 2.31. The molecule has 1 aromatic carbocycles. The zero-order chi connectivity index (χ0) is 12.7. The quantitative estimate of drug-likeness (QED) is 0.731. The summed E-state index contributed by atoms with van der Waals surface area (Å²) in [5.41, 5.74) is 0.706. The van der Waals surface area contributed by atoms with Crippen molar-refractivity contribution in [3.63, 3.8) is 0 Å². The van der Waals surface area contributed by atoms with E-state index in [4.69, 9.17) is 21.1 Å². The number of ether oxygens (including phenoxy) is 2. The third kappa shape index (κ3) is 3.61. The first-order chi connectivity index (χ1) is 8.24. The number of halogens is 1. The molecule has 4 nitrogen and oxygen atoms in total. The van der Waals surface area contributed by atoms with Crippen LogP contribution in [0.25, 0.3) is 0 Å². The van der Waals surface area contributed by atoms with E-state index in [1.165, 1.54) is 0 Å². The highest BCUT2D eigenvalue weighted by atomic mass is 35.5. The first kappa shape index (κ1) is 13.8. The van der Waals surface area contributed by atoms with Crippen molar-refractivity contribution in [2.75, 3.05) is 38.2 Å². The van der Waals surface area contributed by atoms with Crippen LogP contribution in [0.3, 0.4) is 0 Å². The summed E-state index contributed by atoms with van der Waals surface area (Å²) in [5, 5.41) is 0. The minimum absolute atomic E-state index is 0.0677. The maximum atomic E-state index is 11.8. The number of nitrogens with zero attached hydrogens (tertiary/aromatic N) is 1. The first-order valence-corrected chi connectivity index (χ1v) is 5.76. The van der Waals surface area contributed by atoms with Gasteiger partial charge in [0.2, 0.25) is 5.91 Å². The molecule has 0 radical (unpaired) electrons. The Labute approximate surface area is 106 Å². The summed E-state index contributed by atoms with van der Waals surface area (Å²) in [6, 6.07) is 7.32. The fourth-order valence-electron chi connectivity index (χ4n) is 1.49. The molecule has 0 atom stereocenters. The van der Waals surface area contributed by atoms with Crippen LogP contribution in [-0.2, 0) is 9.53 Å². The van der Waals surface area contributed by atoms with E-state index in [9.17, 15) is 4.79 Å². The fraction of sp³-hybridized carbons (Fsp3) is 0.417. The van der Waals surface area contributed by atoms with Gasteiger partial charge in [-0.2, -0.15) is 0 Å². The minimum Gasteiger partial charge on any atom is -0.495 e. The van der Waals surface area contributed by atoms with Gasteiger partial charge in [-0.15, -0.1) is 11.6 Å². The maximum absolute atomic E-state index is 11.8. The Morgan fingerprint density at radius 2 is 2.06 bits per heavy atom. The number of hydrogen-bond donors (Lipinski definition) is 0. The SMILES string of the molecule is COCCN(C(=O)CCl)c1ccccc1OC. The second-order valence-corrected chi connectivity index (χ2v) is 3.61. The Morgan fingerprint density at radius 3 is 2.65 bits per heavy atom. The zero-order valence-corrected chi connectivity index (χ0v) is 10.7. The molecule has 0 aliphatic heterocycles. The number of amides is 1. The highest BCUT2D eigenvalue weighted by Gasteiger charge is 2.17. The Balaban J connectivity index is 2.98. The standard InChI is InChI=1S/C12H16ClNO3/c1-16-8-7-14(12(15)9-13)10-5-3-4-6-11(10)17-2/h3-6H,7-9H2,1-2H3. The number of para-hydroxylation sites is 2. The average molecular weight is 258 g/mol. The van der Waals surface area contributed by atoms with Crippen LogP contribution in [0.2, 0.25) is 0 Å². The van der Waals surface area contributed by atoms with E-state index >= 15 is 0 Å². The molecule has 0 unspecified atom stereocenters. The van der Waals surface area contributed by atoms with Crippen LogP contribution in [0, 0.1) is 0 Å². The van der Waals surface area contributed by atoms with E-state index in [0.29, 0.717) is 24.6 Å². The van der Waals surface area contributed by atoms with Crippen molar-refractivity contribution < 1.29 is 14.3 Å². The molecule has 0 heterocycles. The van der Waals surface area contributed by atoms with Crippen LogP contribution in [0.4, 0.5) is 5.69 Å². The lowest BCUT2D eigenvalue weighted by molar-refractivity contribution is -0.116. The van der Waals surface area contributed by atoms with Gasteiger partial charge in [0.05, 0.1) is 19.4 Å². The largest absolute Gasteiger partial charge is 0.495 e. The van der Waals surface area contributed by atoms with Crippen LogP contribution in [0.1, 0.15) is 0 Å². The van der Waals surface area contributed by atoms with E-state index in [0.717, 1.165) is 0 Å². The Kier molecular flexibility index (Phi) is 5.80. The summed E-state index contributed by atoms with van der Waals surface area (Å²) in [5.74, 6) is 0.400. The van der Waals surface area contributed by atoms with Gasteiger partial charge in [0, 0.05) is 13.7 Å². The Hall–Kier alpha value is -1.26. The lowest BCUT2D eigenvalue weighted by Crippen LogP contribution is -2.35. The smallest absolute Gasteiger partial charge is 0.242 e. The van der Waals surface area contributed by atoms with Gasteiger partial charge in [0.15, 0.2) is 0 Å². The zero-order valence-electron chi connectivity index (χ0n) is 9.98. The van der Waals surface area contributed by atoms with Crippen molar-refractivity contribution in [3.05, 3.63) is 24.3 Å². The molecule has 0 aliphatic rings. The predicted octanol–water partition coefficient (Wildman–Crippen LogP) is 1.91. The summed E-state index contributed by atoms with van der Waals surface area (Å²) in [6.07, 6.45) is 0. The van der Waals surface area contributed by atoms with Crippen molar-refractivity contribution in [1.29, 1.82) is 0 Å². The van der Waals surface area contributed by atoms with Crippen molar-refractivity contribution in [2.45, 2.75) is 0 Å². The van der Waals surface area contributed by atoms with Crippen molar-refractivity contribution >= 4 is 23.2 Å². The number of alkyl halides is 1. The molecule has 0 saturated carbocycles. The van der Waals surface area contributed by atoms with Gasteiger partial charge in [0.25, 0.3) is 0 Å². The van der Waals surface area contributed by atoms with E-state index in [1.807, 2.05) is 18.2 Å². The number of hydrogen-bond acceptors (Lipinski definition) is 3. The molecule has 1 aromatic rings. The van der Waals surface area contributed by atoms with E-state index < -0.39 is 0 Å². The summed E-state index contributed by atoms with van der Waals surface area (Å²) >= 11 is 5.60. The average Bonchev–Trinajstić information content (AvgIpc) is 2.39. The topological polar surface area (TPSA) is 38.8 Å². The molecule has 0 bridgehead atoms. The fourth-order valence-corrected chi connectivity index (χ4v) is 1.63. The highest BCUT2D eigenvalue weighted by molar-refractivity contribution is 6.29. The van der Waals surface area contributed by atoms with Crippen molar-refractivity contribution in [1.82, 2.24) is 0 Å². The lowest BCUT2D eigenvalue weighted by Gasteiger charge is -2.23. The molecule has 0 N–H and O–H groups in total. The molecular formula is C12H16ClNO3. The molecular weight excluding hydrogens is 242 g/mol. The number of rotatable bonds is 6. The van der Waals surface area contributed by atoms with Gasteiger partial charge in [-0.05, 0) is 12.1 Å². The van der Waals surface area contributed by atoms with Crippen molar-refractivity contribution in [3.8, 4) is 5.75 Å². The number of carbonyl (C=O) groups is 1. The van der Waals surface area contributed by atoms with E-state index in [1.54, 1.807) is 25.2 Å². The van der Waals surface area contributed by atoms with Gasteiger partial charge in [-0.1, -0.05) is 12.1 Å². The minimum atomic E-state index is -0.173. The van der Waals surface area contributed by atoms with E-state index in [2.05, 4.69) is 0 Å². The molecule has 0 aliphatic carbocycles. The molecule has 1 rings (SSSR count). The maximum Gasteiger partial charge on any atom is 0.242 e. The van der Waals surface area contributed by atoms with Gasteiger partial charge < -0.3 is 14.4 Å². The monoisotopic (exact) mass is 257 g/mol. The molecule has 0 fully saturated rings. The van der Waals surface area contributed by atoms with Gasteiger partial charge in [0.1, 0.15) is 11.6 Å². The molecule has 0 saturated heterocycles. The predicted molar refractivity (Wildman–Crippen MR) is 67.9 cm³/mol. The molecule has 0 aromatic heterocycles. The second-order valence-electron chi connectivity index (χ2n) is 3.34. The summed E-state index contributed by atoms with van der Waals surface area (Å²) in [7, 11) is 3.16. The summed E-state index contributed by atoms with van der Waals surface area (Å²) in [6.45, 7) is 0.892. The second kappa shape index (κ2) is 7.14. The summed E-state index contributed by atoms with van der Waals surface area (Å²) < 4.78 is 10.2. The van der Waals surface area contributed by atoms with Gasteiger partial charge in [-0.25, -0.2) is 0 Å². The molecule has 17 heavy (non-hydrogen) atoms. The molecule has 5 heteroatoms. The van der Waals surface area contributed by atoms with Crippen LogP contribution in [0.15, 0.2) is 24.3 Å². The normalized spacial score (nSPS) is 10.1. The van der Waals surface area contributed by atoms with Crippen LogP contribution >= 0.6 is 11.6 Å². The lowest BCUT2D eigenvalue weighted by atomic mass is 10.2. The summed E-state index contributed by atoms with van der Waals surface area (Å²) in [4.78, 5) is 13.3. The van der Waals surface area contributed by atoms with Crippen LogP contribution < -0.4 is 9.64 Å².